The maximum absolute atomic E-state index is 2.82. The van der Waals surface area contributed by atoms with Crippen LogP contribution in [0, 0.1) is 0 Å². The minimum absolute atomic E-state index is 0.0563. The van der Waals surface area contributed by atoms with Crippen molar-refractivity contribution in [3.63, 3.8) is 0 Å². The van der Waals surface area contributed by atoms with E-state index in [1.54, 1.807) is 0 Å². The van der Waals surface area contributed by atoms with Gasteiger partial charge in [0.15, 0.2) is 0 Å². The molecule has 0 saturated carbocycles. The van der Waals surface area contributed by atoms with Gasteiger partial charge in [-0.3, -0.25) is 9.80 Å². The van der Waals surface area contributed by atoms with E-state index in [0.29, 0.717) is 10.3 Å². The Labute approximate surface area is 155 Å². The third-order valence-corrected chi connectivity index (χ3v) is 11.7. The van der Waals surface area contributed by atoms with Crippen LogP contribution in [0.25, 0.3) is 0 Å². The Balaban J connectivity index is 3.24. The molecule has 0 aromatic carbocycles. The van der Waals surface area contributed by atoms with Gasteiger partial charge in [-0.05, 0) is 51.9 Å². The predicted octanol–water partition coefficient (Wildman–Crippen LogP) is 6.59. The van der Waals surface area contributed by atoms with Crippen LogP contribution < -0.4 is 0 Å². The van der Waals surface area contributed by atoms with Crippen molar-refractivity contribution in [3.8, 4) is 0 Å². The minimum atomic E-state index is -0.0563. The van der Waals surface area contributed by atoms with Gasteiger partial charge in [-0.15, -0.1) is 0 Å². The summed E-state index contributed by atoms with van der Waals surface area (Å²) < 4.78 is 0. The summed E-state index contributed by atoms with van der Waals surface area (Å²) in [6.45, 7) is 29.1. The van der Waals surface area contributed by atoms with Crippen LogP contribution in [0.15, 0.2) is 0 Å². The minimum Gasteiger partial charge on any atom is -0.290 e. The molecule has 0 spiro atoms. The van der Waals surface area contributed by atoms with E-state index in [1.165, 1.54) is 25.1 Å². The van der Waals surface area contributed by atoms with Crippen molar-refractivity contribution < 1.29 is 0 Å². The first-order chi connectivity index (χ1) is 10.4. The Morgan fingerprint density at radius 1 is 0.458 bits per heavy atom. The summed E-state index contributed by atoms with van der Waals surface area (Å²) in [6.07, 6.45) is 5.13. The summed E-state index contributed by atoms with van der Waals surface area (Å²) in [5.41, 5.74) is 0.531. The zero-order chi connectivity index (χ0) is 19.1. The van der Waals surface area contributed by atoms with E-state index in [9.17, 15) is 0 Å². The molecule has 24 heavy (non-hydrogen) atoms. The van der Waals surface area contributed by atoms with Crippen LogP contribution in [0.1, 0.15) is 83.1 Å². The van der Waals surface area contributed by atoms with Crippen LogP contribution in [0.3, 0.4) is 0 Å². The van der Waals surface area contributed by atoms with Gasteiger partial charge in [0, 0.05) is 36.2 Å². The molecule has 0 radical (unpaired) electrons. The molecular weight excluding hydrogens is 330 g/mol. The van der Waals surface area contributed by atoms with Crippen LogP contribution in [-0.2, 0) is 0 Å². The topological polar surface area (TPSA) is 6.48 Å². The van der Waals surface area contributed by atoms with Crippen molar-refractivity contribution in [3.05, 3.63) is 0 Å². The molecule has 144 valence electrons. The first kappa shape index (κ1) is 22.8. The highest BCUT2D eigenvalue weighted by Gasteiger charge is 2.40. The fraction of sp³-hybridized carbons (Fsp3) is 1.00. The summed E-state index contributed by atoms with van der Waals surface area (Å²) in [6, 6.07) is 0. The standard InChI is InChI=1S/C20H44N2P2/c1-17(2,3)21-13-23(19(7,8)9)15-22(18(4,5)6)16-24(14-21)20(10,11)12/h13-16H2,1-12H3. The summed E-state index contributed by atoms with van der Waals surface area (Å²) in [4.78, 5) is 5.64. The van der Waals surface area contributed by atoms with E-state index >= 15 is 0 Å². The van der Waals surface area contributed by atoms with Gasteiger partial charge in [0.05, 0.1) is 0 Å². The molecule has 0 amide bonds. The summed E-state index contributed by atoms with van der Waals surface area (Å²) in [5.74, 6) is 0. The molecule has 1 rings (SSSR count). The average molecular weight is 375 g/mol. The monoisotopic (exact) mass is 374 g/mol. The van der Waals surface area contributed by atoms with E-state index in [1.807, 2.05) is 0 Å². The maximum Gasteiger partial charge on any atom is 0.0209 e. The highest BCUT2D eigenvalue weighted by molar-refractivity contribution is 7.60. The number of hydrogen-bond acceptors (Lipinski definition) is 2. The van der Waals surface area contributed by atoms with E-state index in [0.717, 1.165) is 0 Å². The van der Waals surface area contributed by atoms with E-state index in [2.05, 4.69) is 92.9 Å². The molecule has 0 aromatic heterocycles. The lowest BCUT2D eigenvalue weighted by Crippen LogP contribution is -2.50. The summed E-state index contributed by atoms with van der Waals surface area (Å²) in [7, 11) is -0.113. The SMILES string of the molecule is CC(C)(C)N1CP(C(C)(C)C)CN(C(C)(C)C)CP(C(C)(C)C)C1. The van der Waals surface area contributed by atoms with Crippen LogP contribution in [-0.4, -0.2) is 56.3 Å². The molecule has 0 N–H and O–H groups in total. The summed E-state index contributed by atoms with van der Waals surface area (Å²) >= 11 is 0. The molecule has 0 aliphatic carbocycles. The Bertz CT molecular complexity index is 319. The fourth-order valence-corrected chi connectivity index (χ4v) is 8.64. The van der Waals surface area contributed by atoms with Crippen LogP contribution >= 0.6 is 15.8 Å². The first-order valence-electron chi connectivity index (χ1n) is 9.42. The number of nitrogens with zero attached hydrogens (tertiary/aromatic N) is 2. The van der Waals surface area contributed by atoms with Crippen molar-refractivity contribution in [2.45, 2.75) is 104 Å². The normalized spacial score (nSPS) is 27.0. The molecule has 1 heterocycles. The van der Waals surface area contributed by atoms with Crippen molar-refractivity contribution in [1.29, 1.82) is 0 Å². The molecule has 0 aromatic rings. The van der Waals surface area contributed by atoms with Gasteiger partial charge in [0.1, 0.15) is 0 Å². The zero-order valence-corrected chi connectivity index (χ0v) is 20.4. The van der Waals surface area contributed by atoms with Gasteiger partial charge < -0.3 is 0 Å². The molecule has 1 aliphatic rings. The Morgan fingerprint density at radius 2 is 0.667 bits per heavy atom. The Morgan fingerprint density at radius 3 is 0.792 bits per heavy atom. The third kappa shape index (κ3) is 6.50. The second kappa shape index (κ2) is 7.42. The molecule has 0 bridgehead atoms. The summed E-state index contributed by atoms with van der Waals surface area (Å²) in [5, 5.41) is 0.814. The fourth-order valence-electron chi connectivity index (χ4n) is 2.70. The molecular formula is C20H44N2P2. The Kier molecular flexibility index (Phi) is 7.06. The molecule has 2 nitrogen and oxygen atoms in total. The predicted molar refractivity (Wildman–Crippen MR) is 116 cm³/mol. The van der Waals surface area contributed by atoms with Crippen molar-refractivity contribution >= 4 is 15.8 Å². The quantitative estimate of drug-likeness (QED) is 0.441. The lowest BCUT2D eigenvalue weighted by Gasteiger charge is -2.52. The van der Waals surface area contributed by atoms with E-state index in [4.69, 9.17) is 0 Å². The molecule has 1 aliphatic heterocycles. The van der Waals surface area contributed by atoms with Gasteiger partial charge in [0.25, 0.3) is 0 Å². The lowest BCUT2D eigenvalue weighted by atomic mass is 10.1. The highest BCUT2D eigenvalue weighted by atomic mass is 31.1. The van der Waals surface area contributed by atoms with Crippen LogP contribution in [0.2, 0.25) is 0 Å². The van der Waals surface area contributed by atoms with Gasteiger partial charge in [-0.25, -0.2) is 0 Å². The lowest BCUT2D eigenvalue weighted by molar-refractivity contribution is 0.169. The van der Waals surface area contributed by atoms with E-state index in [-0.39, 0.29) is 26.9 Å². The Hall–Kier alpha value is 0.780. The van der Waals surface area contributed by atoms with Gasteiger partial charge in [-0.1, -0.05) is 57.4 Å². The molecule has 4 heteroatoms. The van der Waals surface area contributed by atoms with Gasteiger partial charge in [0.2, 0.25) is 0 Å². The van der Waals surface area contributed by atoms with Crippen molar-refractivity contribution in [2.75, 3.05) is 25.1 Å². The molecule has 0 atom stereocenters. The van der Waals surface area contributed by atoms with Crippen LogP contribution in [0.4, 0.5) is 0 Å². The third-order valence-electron chi connectivity index (χ3n) is 5.16. The van der Waals surface area contributed by atoms with E-state index < -0.39 is 0 Å². The second-order valence-corrected chi connectivity index (χ2v) is 17.4. The van der Waals surface area contributed by atoms with Gasteiger partial charge in [-0.2, -0.15) is 0 Å². The largest absolute Gasteiger partial charge is 0.290 e. The van der Waals surface area contributed by atoms with Crippen LogP contribution in [0.5, 0.6) is 0 Å². The number of hydrogen-bond donors (Lipinski definition) is 0. The van der Waals surface area contributed by atoms with Gasteiger partial charge >= 0.3 is 0 Å². The smallest absolute Gasteiger partial charge is 0.0209 e. The number of rotatable bonds is 0. The molecule has 1 saturated heterocycles. The molecule has 1 fully saturated rings. The molecule has 0 unspecified atom stereocenters. The second-order valence-electron chi connectivity index (χ2n) is 11.4. The highest BCUT2D eigenvalue weighted by Crippen LogP contribution is 2.59. The average Bonchev–Trinajstić information content (AvgIpc) is 2.20. The van der Waals surface area contributed by atoms with Crippen molar-refractivity contribution in [2.24, 2.45) is 0 Å². The van der Waals surface area contributed by atoms with Crippen molar-refractivity contribution in [1.82, 2.24) is 9.80 Å². The zero-order valence-electron chi connectivity index (χ0n) is 18.6. The maximum atomic E-state index is 2.82. The first-order valence-corrected chi connectivity index (χ1v) is 12.8.